The standard InChI is InChI=1S/C21H24N2O2/c1-3-15-8-7-11-18-16(13-22-20(15)18)12-19(24)23-14-21(2,25)17-9-5-4-6-10-17/h4-11,13,22,25H,3,12,14H2,1-2H3,(H,23,24). The molecule has 4 heteroatoms. The van der Waals surface area contributed by atoms with E-state index in [2.05, 4.69) is 23.3 Å². The second kappa shape index (κ2) is 7.11. The summed E-state index contributed by atoms with van der Waals surface area (Å²) in [6, 6.07) is 15.5. The average molecular weight is 336 g/mol. The number of carbonyl (C=O) groups excluding carboxylic acids is 1. The molecule has 0 saturated heterocycles. The van der Waals surface area contributed by atoms with E-state index in [9.17, 15) is 9.90 Å². The molecule has 0 aliphatic heterocycles. The Kier molecular flexibility index (Phi) is 4.91. The zero-order valence-corrected chi connectivity index (χ0v) is 14.7. The Hall–Kier alpha value is -2.59. The van der Waals surface area contributed by atoms with Crippen molar-refractivity contribution >= 4 is 16.8 Å². The number of amides is 1. The fourth-order valence-corrected chi connectivity index (χ4v) is 3.12. The summed E-state index contributed by atoms with van der Waals surface area (Å²) >= 11 is 0. The van der Waals surface area contributed by atoms with E-state index in [-0.39, 0.29) is 18.9 Å². The van der Waals surface area contributed by atoms with Crippen molar-refractivity contribution in [2.24, 2.45) is 0 Å². The van der Waals surface area contributed by atoms with Crippen molar-refractivity contribution < 1.29 is 9.90 Å². The van der Waals surface area contributed by atoms with Gasteiger partial charge in [0.05, 0.1) is 13.0 Å². The molecule has 2 aromatic carbocycles. The Morgan fingerprint density at radius 3 is 2.60 bits per heavy atom. The Balaban J connectivity index is 1.67. The van der Waals surface area contributed by atoms with Gasteiger partial charge in [0.2, 0.25) is 5.91 Å². The van der Waals surface area contributed by atoms with Gasteiger partial charge in [0.1, 0.15) is 5.60 Å². The highest BCUT2D eigenvalue weighted by Gasteiger charge is 2.23. The SMILES string of the molecule is CCc1cccc2c(CC(=O)NCC(C)(O)c3ccccc3)c[nH]c12. The van der Waals surface area contributed by atoms with Crippen LogP contribution in [0.25, 0.3) is 10.9 Å². The number of aliphatic hydroxyl groups is 1. The van der Waals surface area contributed by atoms with E-state index in [1.165, 1.54) is 5.56 Å². The molecule has 1 aromatic heterocycles. The molecule has 0 bridgehead atoms. The Morgan fingerprint density at radius 1 is 1.12 bits per heavy atom. The zero-order valence-electron chi connectivity index (χ0n) is 14.7. The molecule has 0 radical (unpaired) electrons. The van der Waals surface area contributed by atoms with Crippen LogP contribution in [0.5, 0.6) is 0 Å². The van der Waals surface area contributed by atoms with Crippen LogP contribution < -0.4 is 5.32 Å². The lowest BCUT2D eigenvalue weighted by atomic mass is 9.96. The first kappa shape index (κ1) is 17.2. The lowest BCUT2D eigenvalue weighted by Crippen LogP contribution is -2.39. The summed E-state index contributed by atoms with van der Waals surface area (Å²) in [5.41, 5.74) is 3.02. The van der Waals surface area contributed by atoms with E-state index in [0.717, 1.165) is 28.5 Å². The highest BCUT2D eigenvalue weighted by atomic mass is 16.3. The van der Waals surface area contributed by atoms with Gasteiger partial charge in [-0.05, 0) is 30.0 Å². The molecule has 0 aliphatic rings. The molecule has 1 unspecified atom stereocenters. The Labute approximate surface area is 147 Å². The first-order chi connectivity index (χ1) is 12.0. The Bertz CT molecular complexity index is 866. The molecule has 130 valence electrons. The van der Waals surface area contributed by atoms with Gasteiger partial charge in [-0.1, -0.05) is 55.5 Å². The molecule has 0 aliphatic carbocycles. The molecular weight excluding hydrogens is 312 g/mol. The molecule has 3 N–H and O–H groups in total. The van der Waals surface area contributed by atoms with Crippen molar-refractivity contribution in [2.75, 3.05) is 6.54 Å². The maximum absolute atomic E-state index is 12.4. The quantitative estimate of drug-likeness (QED) is 0.647. The van der Waals surface area contributed by atoms with E-state index in [0.29, 0.717) is 0 Å². The third-order valence-corrected chi connectivity index (χ3v) is 4.64. The third kappa shape index (κ3) is 3.74. The van der Waals surface area contributed by atoms with E-state index in [1.54, 1.807) is 6.92 Å². The first-order valence-electron chi connectivity index (χ1n) is 8.63. The van der Waals surface area contributed by atoms with Crippen LogP contribution in [0.3, 0.4) is 0 Å². The number of rotatable bonds is 6. The number of fused-ring (bicyclic) bond motifs is 1. The van der Waals surface area contributed by atoms with Gasteiger partial charge in [-0.3, -0.25) is 4.79 Å². The van der Waals surface area contributed by atoms with Crippen LogP contribution in [0.2, 0.25) is 0 Å². The van der Waals surface area contributed by atoms with E-state index >= 15 is 0 Å². The van der Waals surface area contributed by atoms with Gasteiger partial charge in [-0.2, -0.15) is 0 Å². The number of carbonyl (C=O) groups is 1. The van der Waals surface area contributed by atoms with E-state index < -0.39 is 5.60 Å². The van der Waals surface area contributed by atoms with Crippen LogP contribution in [0.15, 0.2) is 54.7 Å². The summed E-state index contributed by atoms with van der Waals surface area (Å²) in [6.07, 6.45) is 3.14. The van der Waals surface area contributed by atoms with Gasteiger partial charge in [0.25, 0.3) is 0 Å². The van der Waals surface area contributed by atoms with Crippen molar-refractivity contribution in [1.82, 2.24) is 10.3 Å². The third-order valence-electron chi connectivity index (χ3n) is 4.64. The largest absolute Gasteiger partial charge is 0.384 e. The van der Waals surface area contributed by atoms with Crippen molar-refractivity contribution in [1.29, 1.82) is 0 Å². The van der Waals surface area contributed by atoms with Gasteiger partial charge in [-0.25, -0.2) is 0 Å². The summed E-state index contributed by atoms with van der Waals surface area (Å²) in [4.78, 5) is 15.6. The maximum atomic E-state index is 12.4. The van der Waals surface area contributed by atoms with E-state index in [1.807, 2.05) is 48.7 Å². The van der Waals surface area contributed by atoms with Crippen LogP contribution in [0.1, 0.15) is 30.5 Å². The minimum atomic E-state index is -1.09. The second-order valence-corrected chi connectivity index (χ2v) is 6.60. The number of para-hydroxylation sites is 1. The fraction of sp³-hybridized carbons (Fsp3) is 0.286. The molecule has 1 heterocycles. The summed E-state index contributed by atoms with van der Waals surface area (Å²) in [5, 5.41) is 14.5. The van der Waals surface area contributed by atoms with Crippen molar-refractivity contribution in [3.05, 3.63) is 71.4 Å². The number of hydrogen-bond acceptors (Lipinski definition) is 2. The molecular formula is C21H24N2O2. The Morgan fingerprint density at radius 2 is 1.88 bits per heavy atom. The van der Waals surface area contributed by atoms with Crippen LogP contribution in [0.4, 0.5) is 0 Å². The molecule has 1 atom stereocenters. The van der Waals surface area contributed by atoms with Crippen LogP contribution in [-0.4, -0.2) is 22.5 Å². The topological polar surface area (TPSA) is 65.1 Å². The molecule has 25 heavy (non-hydrogen) atoms. The zero-order chi connectivity index (χ0) is 17.9. The molecule has 0 spiro atoms. The molecule has 3 aromatic rings. The molecule has 4 nitrogen and oxygen atoms in total. The summed E-state index contributed by atoms with van der Waals surface area (Å²) in [6.45, 7) is 4.01. The highest BCUT2D eigenvalue weighted by molar-refractivity contribution is 5.90. The minimum Gasteiger partial charge on any atom is -0.384 e. The van der Waals surface area contributed by atoms with Crippen molar-refractivity contribution in [3.8, 4) is 0 Å². The number of aromatic amines is 1. The van der Waals surface area contributed by atoms with Gasteiger partial charge in [0, 0.05) is 17.1 Å². The number of benzene rings is 2. The summed E-state index contributed by atoms with van der Waals surface area (Å²) in [5.74, 6) is -0.0981. The average Bonchev–Trinajstić information content (AvgIpc) is 3.04. The van der Waals surface area contributed by atoms with E-state index in [4.69, 9.17) is 0 Å². The number of H-pyrrole nitrogens is 1. The molecule has 0 fully saturated rings. The predicted octanol–water partition coefficient (Wildman–Crippen LogP) is 3.30. The second-order valence-electron chi connectivity index (χ2n) is 6.60. The van der Waals surface area contributed by atoms with Gasteiger partial charge < -0.3 is 15.4 Å². The monoisotopic (exact) mass is 336 g/mol. The molecule has 3 rings (SSSR count). The lowest BCUT2D eigenvalue weighted by Gasteiger charge is -2.24. The van der Waals surface area contributed by atoms with Crippen molar-refractivity contribution in [3.63, 3.8) is 0 Å². The van der Waals surface area contributed by atoms with Gasteiger partial charge in [0.15, 0.2) is 0 Å². The minimum absolute atomic E-state index is 0.0981. The maximum Gasteiger partial charge on any atom is 0.224 e. The van der Waals surface area contributed by atoms with Crippen LogP contribution >= 0.6 is 0 Å². The van der Waals surface area contributed by atoms with Crippen molar-refractivity contribution in [2.45, 2.75) is 32.3 Å². The van der Waals surface area contributed by atoms with Gasteiger partial charge >= 0.3 is 0 Å². The highest BCUT2D eigenvalue weighted by Crippen LogP contribution is 2.23. The van der Waals surface area contributed by atoms with Crippen LogP contribution in [-0.2, 0) is 23.2 Å². The lowest BCUT2D eigenvalue weighted by molar-refractivity contribution is -0.121. The summed E-state index contributed by atoms with van der Waals surface area (Å²) in [7, 11) is 0. The number of nitrogens with one attached hydrogen (secondary N) is 2. The first-order valence-corrected chi connectivity index (χ1v) is 8.63. The number of aromatic nitrogens is 1. The summed E-state index contributed by atoms with van der Waals surface area (Å²) < 4.78 is 0. The number of aryl methyl sites for hydroxylation is 1. The van der Waals surface area contributed by atoms with Gasteiger partial charge in [-0.15, -0.1) is 0 Å². The number of hydrogen-bond donors (Lipinski definition) is 3. The predicted molar refractivity (Wildman–Crippen MR) is 100 cm³/mol. The fourth-order valence-electron chi connectivity index (χ4n) is 3.12. The van der Waals surface area contributed by atoms with Crippen LogP contribution in [0, 0.1) is 0 Å². The smallest absolute Gasteiger partial charge is 0.224 e. The molecule has 1 amide bonds. The molecule has 0 saturated carbocycles. The normalized spacial score (nSPS) is 13.6.